The summed E-state index contributed by atoms with van der Waals surface area (Å²) < 4.78 is 14.6. The molecule has 1 unspecified atom stereocenters. The van der Waals surface area contributed by atoms with Crippen LogP contribution in [0.4, 0.5) is 4.79 Å². The number of carbonyl (C=O) groups is 2. The Kier molecular flexibility index (Phi) is 2.99. The molecule has 0 aromatic carbocycles. The zero-order chi connectivity index (χ0) is 14.1. The molecule has 20 heavy (non-hydrogen) atoms. The summed E-state index contributed by atoms with van der Waals surface area (Å²) in [5.41, 5.74) is 0.510. The van der Waals surface area contributed by atoms with E-state index in [2.05, 4.69) is 15.2 Å². The van der Waals surface area contributed by atoms with Gasteiger partial charge in [-0.2, -0.15) is 0 Å². The summed E-state index contributed by atoms with van der Waals surface area (Å²) in [6, 6.07) is 2.72. The predicted molar refractivity (Wildman–Crippen MR) is 62.5 cm³/mol. The molecule has 8 nitrogen and oxygen atoms in total. The number of carboxylic acid groups (broad SMARTS) is 1. The topological polar surface area (TPSA) is 115 Å². The Hall–Kier alpha value is -2.61. The molecular formula is C12H10N2O6. The van der Waals surface area contributed by atoms with E-state index in [4.69, 9.17) is 14.0 Å². The molecule has 2 aromatic heterocycles. The second-order valence-electron chi connectivity index (χ2n) is 4.24. The first-order valence-corrected chi connectivity index (χ1v) is 5.84. The van der Waals surface area contributed by atoms with Crippen molar-refractivity contribution in [2.45, 2.75) is 19.0 Å². The van der Waals surface area contributed by atoms with Crippen LogP contribution in [0.2, 0.25) is 0 Å². The molecule has 3 rings (SSSR count). The van der Waals surface area contributed by atoms with Gasteiger partial charge in [0.15, 0.2) is 5.76 Å². The largest absolute Gasteiger partial charge is 0.512 e. The minimum absolute atomic E-state index is 0.0936. The second kappa shape index (κ2) is 4.82. The number of fused-ring (bicyclic) bond motifs is 1. The number of carbonyl (C=O) groups excluding carboxylic acids is 1. The van der Waals surface area contributed by atoms with Crippen molar-refractivity contribution in [3.63, 3.8) is 0 Å². The van der Waals surface area contributed by atoms with E-state index in [0.29, 0.717) is 11.3 Å². The van der Waals surface area contributed by atoms with Crippen molar-refractivity contribution in [2.75, 3.05) is 0 Å². The number of hydrogen-bond acceptors (Lipinski definition) is 7. The maximum absolute atomic E-state index is 12.1. The fraction of sp³-hybridized carbons (Fsp3) is 0.250. The van der Waals surface area contributed by atoms with Crippen molar-refractivity contribution in [3.05, 3.63) is 35.5 Å². The predicted octanol–water partition coefficient (Wildman–Crippen LogP) is 1.22. The molecule has 3 heterocycles. The minimum Gasteiger partial charge on any atom is -0.461 e. The smallest absolute Gasteiger partial charge is 0.461 e. The quantitative estimate of drug-likeness (QED) is 0.636. The molecule has 1 aliphatic rings. The van der Waals surface area contributed by atoms with Crippen LogP contribution in [0.3, 0.4) is 0 Å². The van der Waals surface area contributed by atoms with Gasteiger partial charge in [0, 0.05) is 13.0 Å². The molecular weight excluding hydrogens is 268 g/mol. The lowest BCUT2D eigenvalue weighted by Gasteiger charge is -2.20. The third kappa shape index (κ3) is 2.16. The van der Waals surface area contributed by atoms with Gasteiger partial charge in [0.1, 0.15) is 5.76 Å². The number of hydrogen-bond donors (Lipinski definition) is 2. The number of furan rings is 1. The van der Waals surface area contributed by atoms with Crippen LogP contribution < -0.4 is 10.1 Å². The van der Waals surface area contributed by atoms with E-state index in [0.717, 1.165) is 0 Å². The monoisotopic (exact) mass is 278 g/mol. The summed E-state index contributed by atoms with van der Waals surface area (Å²) in [5, 5.41) is 15.1. The Morgan fingerprint density at radius 1 is 1.50 bits per heavy atom. The molecule has 0 saturated carbocycles. The van der Waals surface area contributed by atoms with Gasteiger partial charge in [0.25, 0.3) is 5.88 Å². The maximum atomic E-state index is 12.1. The average Bonchev–Trinajstić information content (AvgIpc) is 3.07. The Balaban J connectivity index is 1.78. The van der Waals surface area contributed by atoms with Crippen LogP contribution in [0.15, 0.2) is 27.3 Å². The van der Waals surface area contributed by atoms with E-state index in [1.54, 1.807) is 12.1 Å². The van der Waals surface area contributed by atoms with Crippen LogP contribution in [-0.2, 0) is 13.0 Å². The molecule has 0 spiro atoms. The van der Waals surface area contributed by atoms with Crippen LogP contribution >= 0.6 is 0 Å². The average molecular weight is 278 g/mol. The summed E-state index contributed by atoms with van der Waals surface area (Å²) in [5.74, 6) is 0.402. The number of rotatable bonds is 3. The van der Waals surface area contributed by atoms with Crippen molar-refractivity contribution < 1.29 is 28.4 Å². The fourth-order valence-electron chi connectivity index (χ4n) is 2.08. The summed E-state index contributed by atoms with van der Waals surface area (Å²) in [7, 11) is 0. The van der Waals surface area contributed by atoms with E-state index in [1.165, 1.54) is 6.26 Å². The molecule has 0 fully saturated rings. The van der Waals surface area contributed by atoms with Crippen LogP contribution in [0.1, 0.15) is 21.9 Å². The first-order chi connectivity index (χ1) is 9.65. The number of aromatic nitrogens is 1. The number of Topliss-reactive ketones (excluding diaryl/α,β-unsaturated/α-hetero) is 1. The molecule has 2 aromatic rings. The Morgan fingerprint density at radius 3 is 3.05 bits per heavy atom. The maximum Gasteiger partial charge on any atom is 0.512 e. The molecule has 0 bridgehead atoms. The Morgan fingerprint density at radius 2 is 2.35 bits per heavy atom. The summed E-state index contributed by atoms with van der Waals surface area (Å²) in [6.45, 7) is 0.235. The minimum atomic E-state index is -1.46. The second-order valence-corrected chi connectivity index (χ2v) is 4.24. The van der Waals surface area contributed by atoms with Gasteiger partial charge in [-0.15, -0.1) is 0 Å². The lowest BCUT2D eigenvalue weighted by molar-refractivity contribution is 0.0904. The Bertz CT molecular complexity index is 645. The van der Waals surface area contributed by atoms with Gasteiger partial charge in [0.05, 0.1) is 17.9 Å². The van der Waals surface area contributed by atoms with E-state index in [-0.39, 0.29) is 30.4 Å². The van der Waals surface area contributed by atoms with Gasteiger partial charge in [-0.25, -0.2) is 4.79 Å². The van der Waals surface area contributed by atoms with Crippen molar-refractivity contribution in [1.82, 2.24) is 10.5 Å². The van der Waals surface area contributed by atoms with Crippen LogP contribution in [0.25, 0.3) is 0 Å². The number of nitrogens with zero attached hydrogens (tertiary/aromatic N) is 1. The van der Waals surface area contributed by atoms with Crippen LogP contribution in [-0.4, -0.2) is 28.2 Å². The number of nitrogens with one attached hydrogen (secondary N) is 1. The molecule has 0 amide bonds. The highest BCUT2D eigenvalue weighted by Crippen LogP contribution is 2.27. The van der Waals surface area contributed by atoms with Crippen molar-refractivity contribution in [1.29, 1.82) is 0 Å². The van der Waals surface area contributed by atoms with Crippen LogP contribution in [0, 0.1) is 0 Å². The lowest BCUT2D eigenvalue weighted by Crippen LogP contribution is -2.41. The number of ether oxygens (including phenoxy) is 1. The Labute approximate surface area is 112 Å². The molecule has 2 N–H and O–H groups in total. The van der Waals surface area contributed by atoms with Gasteiger partial charge in [0.2, 0.25) is 5.78 Å². The molecule has 104 valence electrons. The molecule has 8 heteroatoms. The van der Waals surface area contributed by atoms with Gasteiger partial charge in [-0.3, -0.25) is 4.79 Å². The first-order valence-electron chi connectivity index (χ1n) is 5.84. The van der Waals surface area contributed by atoms with Gasteiger partial charge in [-0.1, -0.05) is 0 Å². The summed E-state index contributed by atoms with van der Waals surface area (Å²) >= 11 is 0. The zero-order valence-corrected chi connectivity index (χ0v) is 10.2. The highest BCUT2D eigenvalue weighted by Gasteiger charge is 2.32. The van der Waals surface area contributed by atoms with Gasteiger partial charge < -0.3 is 24.1 Å². The van der Waals surface area contributed by atoms with E-state index >= 15 is 0 Å². The molecule has 0 aliphatic carbocycles. The lowest BCUT2D eigenvalue weighted by atomic mass is 9.99. The summed E-state index contributed by atoms with van der Waals surface area (Å²) in [6.07, 6.45) is 0.217. The van der Waals surface area contributed by atoms with Crippen molar-refractivity contribution >= 4 is 11.9 Å². The highest BCUT2D eigenvalue weighted by atomic mass is 16.7. The third-order valence-electron chi connectivity index (χ3n) is 3.01. The van der Waals surface area contributed by atoms with E-state index < -0.39 is 12.2 Å². The van der Waals surface area contributed by atoms with Crippen LogP contribution in [0.5, 0.6) is 5.88 Å². The standard InChI is InChI=1S/C12H10N2O6/c15-10(8-2-1-3-18-8)7-4-9-6(5-13-7)11(14-20-9)19-12(16)17/h1-3,7,13H,4-5H2,(H,16,17). The molecule has 1 atom stereocenters. The van der Waals surface area contributed by atoms with Crippen molar-refractivity contribution in [2.24, 2.45) is 0 Å². The summed E-state index contributed by atoms with van der Waals surface area (Å²) in [4.78, 5) is 22.6. The van der Waals surface area contributed by atoms with Crippen molar-refractivity contribution in [3.8, 4) is 5.88 Å². The third-order valence-corrected chi connectivity index (χ3v) is 3.01. The van der Waals surface area contributed by atoms with E-state index in [9.17, 15) is 9.59 Å². The first kappa shape index (κ1) is 12.4. The highest BCUT2D eigenvalue weighted by molar-refractivity contribution is 5.98. The molecule has 0 radical (unpaired) electrons. The SMILES string of the molecule is O=C(O)Oc1noc2c1CNC(C(=O)c1ccco1)C2. The molecule has 0 saturated heterocycles. The normalized spacial score (nSPS) is 17.5. The fourth-order valence-corrected chi connectivity index (χ4v) is 2.08. The van der Waals surface area contributed by atoms with E-state index in [1.807, 2.05) is 0 Å². The number of ketones is 1. The van der Waals surface area contributed by atoms with Gasteiger partial charge >= 0.3 is 6.16 Å². The van der Waals surface area contributed by atoms with Gasteiger partial charge in [-0.05, 0) is 17.3 Å². The zero-order valence-electron chi connectivity index (χ0n) is 10.2. The molecule has 1 aliphatic heterocycles.